The second-order valence-electron chi connectivity index (χ2n) is 9.12. The van der Waals surface area contributed by atoms with Crippen molar-refractivity contribution in [1.29, 1.82) is 0 Å². The summed E-state index contributed by atoms with van der Waals surface area (Å²) < 4.78 is 11.1. The first kappa shape index (κ1) is 22.9. The maximum absolute atomic E-state index is 12.5. The molecule has 0 aliphatic carbocycles. The van der Waals surface area contributed by atoms with Gasteiger partial charge in [-0.3, -0.25) is 9.59 Å². The predicted octanol–water partition coefficient (Wildman–Crippen LogP) is 3.25. The van der Waals surface area contributed by atoms with Crippen molar-refractivity contribution >= 4 is 23.6 Å². The normalized spacial score (nSPS) is 16.9. The number of rotatable bonds is 6. The van der Waals surface area contributed by atoms with Crippen LogP contribution in [0.15, 0.2) is 18.2 Å². The van der Waals surface area contributed by atoms with E-state index in [-0.39, 0.29) is 17.9 Å². The van der Waals surface area contributed by atoms with E-state index in [4.69, 9.17) is 9.47 Å². The number of carbonyl (C=O) groups excluding carboxylic acids is 3. The average molecular weight is 432 g/mol. The molecule has 0 saturated carbocycles. The van der Waals surface area contributed by atoms with Gasteiger partial charge >= 0.3 is 6.09 Å². The van der Waals surface area contributed by atoms with Gasteiger partial charge in [-0.2, -0.15) is 0 Å². The number of ether oxygens (including phenoxy) is 2. The third-order valence-electron chi connectivity index (χ3n) is 5.34. The van der Waals surface area contributed by atoms with E-state index in [0.717, 1.165) is 36.3 Å². The fourth-order valence-corrected chi connectivity index (χ4v) is 3.77. The first-order valence-corrected chi connectivity index (χ1v) is 11.0. The standard InChI is InChI=1S/C23H33N3O5/c1-23(2,3)31-22(29)24-17-10-12-26(13-11-17)21(28)5-4-14-30-18-7-8-19-16(15-18)6-9-20(27)25-19/h7-8,15,17H,4-6,9-14H2,1-3H3,(H,24,29)(H,25,27). The summed E-state index contributed by atoms with van der Waals surface area (Å²) in [5.74, 6) is 0.924. The van der Waals surface area contributed by atoms with Crippen molar-refractivity contribution in [3.63, 3.8) is 0 Å². The minimum absolute atomic E-state index is 0.0380. The molecule has 2 N–H and O–H groups in total. The number of nitrogens with zero attached hydrogens (tertiary/aromatic N) is 1. The van der Waals surface area contributed by atoms with E-state index in [0.29, 0.717) is 39.0 Å². The smallest absolute Gasteiger partial charge is 0.407 e. The molecule has 31 heavy (non-hydrogen) atoms. The number of alkyl carbamates (subject to hydrolysis) is 1. The molecule has 0 radical (unpaired) electrons. The van der Waals surface area contributed by atoms with Crippen LogP contribution in [0.1, 0.15) is 58.4 Å². The largest absolute Gasteiger partial charge is 0.494 e. The van der Waals surface area contributed by atoms with Crippen LogP contribution >= 0.6 is 0 Å². The van der Waals surface area contributed by atoms with Crippen molar-refractivity contribution in [3.05, 3.63) is 23.8 Å². The molecule has 2 aliphatic rings. The topological polar surface area (TPSA) is 97.0 Å². The molecular weight excluding hydrogens is 398 g/mol. The monoisotopic (exact) mass is 431 g/mol. The van der Waals surface area contributed by atoms with Gasteiger partial charge in [-0.15, -0.1) is 0 Å². The number of carbonyl (C=O) groups is 3. The second-order valence-corrected chi connectivity index (χ2v) is 9.12. The van der Waals surface area contributed by atoms with Gasteiger partial charge in [0.2, 0.25) is 11.8 Å². The van der Waals surface area contributed by atoms with Crippen molar-refractivity contribution in [2.24, 2.45) is 0 Å². The number of benzene rings is 1. The molecular formula is C23H33N3O5. The Morgan fingerprint density at radius 3 is 2.65 bits per heavy atom. The highest BCUT2D eigenvalue weighted by molar-refractivity contribution is 5.94. The summed E-state index contributed by atoms with van der Waals surface area (Å²) in [6.07, 6.45) is 3.35. The summed E-state index contributed by atoms with van der Waals surface area (Å²) in [4.78, 5) is 37.6. The zero-order chi connectivity index (χ0) is 22.4. The molecule has 0 bridgehead atoms. The lowest BCUT2D eigenvalue weighted by Gasteiger charge is -2.33. The molecule has 8 heteroatoms. The van der Waals surface area contributed by atoms with Gasteiger partial charge < -0.3 is 25.0 Å². The van der Waals surface area contributed by atoms with Crippen molar-refractivity contribution in [2.75, 3.05) is 25.0 Å². The average Bonchev–Trinajstić information content (AvgIpc) is 2.70. The highest BCUT2D eigenvalue weighted by Crippen LogP contribution is 2.27. The number of piperidine rings is 1. The summed E-state index contributed by atoms with van der Waals surface area (Å²) in [5.41, 5.74) is 1.41. The zero-order valence-electron chi connectivity index (χ0n) is 18.7. The number of amides is 3. The first-order chi connectivity index (χ1) is 14.7. The number of hydrogen-bond donors (Lipinski definition) is 2. The van der Waals surface area contributed by atoms with Crippen molar-refractivity contribution < 1.29 is 23.9 Å². The molecule has 8 nitrogen and oxygen atoms in total. The molecule has 3 amide bonds. The Kier molecular flexibility index (Phi) is 7.41. The van der Waals surface area contributed by atoms with E-state index < -0.39 is 11.7 Å². The summed E-state index contributed by atoms with van der Waals surface area (Å²) in [5, 5.41) is 5.74. The highest BCUT2D eigenvalue weighted by Gasteiger charge is 2.25. The Bertz CT molecular complexity index is 810. The maximum atomic E-state index is 12.5. The fourth-order valence-electron chi connectivity index (χ4n) is 3.77. The third-order valence-corrected chi connectivity index (χ3v) is 5.34. The van der Waals surface area contributed by atoms with E-state index in [1.165, 1.54) is 0 Å². The van der Waals surface area contributed by atoms with Gasteiger partial charge in [0.25, 0.3) is 0 Å². The molecule has 0 unspecified atom stereocenters. The molecule has 1 aromatic rings. The van der Waals surface area contributed by atoms with Gasteiger partial charge in [0.05, 0.1) is 6.61 Å². The zero-order valence-corrected chi connectivity index (χ0v) is 18.7. The number of fused-ring (bicyclic) bond motifs is 1. The van der Waals surface area contributed by atoms with Crippen LogP contribution in [0, 0.1) is 0 Å². The van der Waals surface area contributed by atoms with Crippen LogP contribution in [0.25, 0.3) is 0 Å². The molecule has 1 fully saturated rings. The molecule has 1 saturated heterocycles. The van der Waals surface area contributed by atoms with E-state index >= 15 is 0 Å². The molecule has 2 aliphatic heterocycles. The molecule has 170 valence electrons. The van der Waals surface area contributed by atoms with Crippen LogP contribution in [0.2, 0.25) is 0 Å². The lowest BCUT2D eigenvalue weighted by Crippen LogP contribution is -2.47. The Hall–Kier alpha value is -2.77. The van der Waals surface area contributed by atoms with Gasteiger partial charge in [0, 0.05) is 37.7 Å². The van der Waals surface area contributed by atoms with Crippen LogP contribution in [0.4, 0.5) is 10.5 Å². The Morgan fingerprint density at radius 1 is 1.19 bits per heavy atom. The van der Waals surface area contributed by atoms with E-state index in [9.17, 15) is 14.4 Å². The maximum Gasteiger partial charge on any atom is 0.407 e. The van der Waals surface area contributed by atoms with Crippen LogP contribution in [0.3, 0.4) is 0 Å². The lowest BCUT2D eigenvalue weighted by atomic mass is 10.0. The third kappa shape index (κ3) is 7.15. The van der Waals surface area contributed by atoms with Crippen LogP contribution in [-0.4, -0.2) is 54.1 Å². The Balaban J connectivity index is 1.33. The molecule has 0 aromatic heterocycles. The van der Waals surface area contributed by atoms with Crippen LogP contribution < -0.4 is 15.4 Å². The van der Waals surface area contributed by atoms with Gasteiger partial charge in [-0.1, -0.05) is 0 Å². The van der Waals surface area contributed by atoms with E-state index in [2.05, 4.69) is 10.6 Å². The minimum atomic E-state index is -0.516. The van der Waals surface area contributed by atoms with Crippen molar-refractivity contribution in [2.45, 2.75) is 70.9 Å². The number of nitrogens with one attached hydrogen (secondary N) is 2. The Labute approximate surface area is 183 Å². The summed E-state index contributed by atoms with van der Waals surface area (Å²) in [7, 11) is 0. The quantitative estimate of drug-likeness (QED) is 0.674. The molecule has 0 atom stereocenters. The lowest BCUT2D eigenvalue weighted by molar-refractivity contribution is -0.132. The van der Waals surface area contributed by atoms with E-state index in [1.807, 2.05) is 43.9 Å². The summed E-state index contributed by atoms with van der Waals surface area (Å²) >= 11 is 0. The van der Waals surface area contributed by atoms with Crippen molar-refractivity contribution in [3.8, 4) is 5.75 Å². The van der Waals surface area contributed by atoms with Crippen LogP contribution in [-0.2, 0) is 20.7 Å². The second kappa shape index (κ2) is 10.0. The van der Waals surface area contributed by atoms with E-state index in [1.54, 1.807) is 0 Å². The number of hydrogen-bond acceptors (Lipinski definition) is 5. The first-order valence-electron chi connectivity index (χ1n) is 11.0. The van der Waals surface area contributed by atoms with Gasteiger partial charge in [-0.25, -0.2) is 4.79 Å². The number of likely N-dealkylation sites (tertiary alicyclic amines) is 1. The molecule has 3 rings (SSSR count). The molecule has 1 aromatic carbocycles. The minimum Gasteiger partial charge on any atom is -0.494 e. The number of aryl methyl sites for hydroxylation is 1. The molecule has 2 heterocycles. The van der Waals surface area contributed by atoms with Crippen molar-refractivity contribution in [1.82, 2.24) is 10.2 Å². The summed E-state index contributed by atoms with van der Waals surface area (Å²) in [6.45, 7) is 7.24. The van der Waals surface area contributed by atoms with Crippen LogP contribution in [0.5, 0.6) is 5.75 Å². The van der Waals surface area contributed by atoms with Gasteiger partial charge in [0.1, 0.15) is 11.4 Å². The fraction of sp³-hybridized carbons (Fsp3) is 0.609. The Morgan fingerprint density at radius 2 is 1.94 bits per heavy atom. The summed E-state index contributed by atoms with van der Waals surface area (Å²) in [6, 6.07) is 5.70. The molecule has 0 spiro atoms. The number of anilines is 1. The SMILES string of the molecule is CC(C)(C)OC(=O)NC1CCN(C(=O)CCCOc2ccc3c(c2)CCC(=O)N3)CC1. The van der Waals surface area contributed by atoms with Gasteiger partial charge in [0.15, 0.2) is 0 Å². The highest BCUT2D eigenvalue weighted by atomic mass is 16.6. The predicted molar refractivity (Wildman–Crippen MR) is 117 cm³/mol. The van der Waals surface area contributed by atoms with Gasteiger partial charge in [-0.05, 0) is 70.2 Å².